The maximum atomic E-state index is 12.9. The summed E-state index contributed by atoms with van der Waals surface area (Å²) in [5.41, 5.74) is 1.29. The van der Waals surface area contributed by atoms with Crippen LogP contribution in [0, 0.1) is 6.92 Å². The molecule has 7 heteroatoms. The SMILES string of the molecule is Cc1ccc(C2(C)NC(=O)N(CC(=O)NC(C)c3ccccc3Cl)C2=O)cc1. The van der Waals surface area contributed by atoms with Gasteiger partial charge in [0.25, 0.3) is 5.91 Å². The summed E-state index contributed by atoms with van der Waals surface area (Å²) in [4.78, 5) is 38.7. The molecule has 0 bridgehead atoms. The number of hydrogen-bond acceptors (Lipinski definition) is 3. The van der Waals surface area contributed by atoms with Gasteiger partial charge in [0.1, 0.15) is 12.1 Å². The predicted octanol–water partition coefficient (Wildman–Crippen LogP) is 3.29. The zero-order chi connectivity index (χ0) is 20.5. The molecule has 0 aliphatic carbocycles. The van der Waals surface area contributed by atoms with Crippen molar-refractivity contribution in [2.24, 2.45) is 0 Å². The molecule has 6 nitrogen and oxygen atoms in total. The van der Waals surface area contributed by atoms with Crippen LogP contribution in [0.15, 0.2) is 48.5 Å². The van der Waals surface area contributed by atoms with Crippen LogP contribution in [0.25, 0.3) is 0 Å². The van der Waals surface area contributed by atoms with E-state index in [1.165, 1.54) is 0 Å². The number of benzene rings is 2. The predicted molar refractivity (Wildman–Crippen MR) is 107 cm³/mol. The summed E-state index contributed by atoms with van der Waals surface area (Å²) >= 11 is 6.16. The molecule has 4 amide bonds. The second-order valence-electron chi connectivity index (χ2n) is 7.12. The Bertz CT molecular complexity index is 929. The van der Waals surface area contributed by atoms with Crippen LogP contribution in [0.3, 0.4) is 0 Å². The normalized spacial score (nSPS) is 20.1. The van der Waals surface area contributed by atoms with Crippen LogP contribution in [0.5, 0.6) is 0 Å². The Balaban J connectivity index is 1.71. The zero-order valence-electron chi connectivity index (χ0n) is 16.0. The number of imide groups is 1. The van der Waals surface area contributed by atoms with Gasteiger partial charge in [-0.25, -0.2) is 4.79 Å². The zero-order valence-corrected chi connectivity index (χ0v) is 16.7. The summed E-state index contributed by atoms with van der Waals surface area (Å²) in [5.74, 6) is -0.897. The Hall–Kier alpha value is -2.86. The molecule has 1 heterocycles. The lowest BCUT2D eigenvalue weighted by Crippen LogP contribution is -2.43. The molecule has 1 saturated heterocycles. The molecule has 2 unspecified atom stereocenters. The lowest BCUT2D eigenvalue weighted by atomic mass is 9.91. The van der Waals surface area contributed by atoms with Gasteiger partial charge in [-0.1, -0.05) is 59.6 Å². The number of urea groups is 1. The van der Waals surface area contributed by atoms with Crippen molar-refractivity contribution in [2.45, 2.75) is 32.4 Å². The maximum absolute atomic E-state index is 12.9. The minimum absolute atomic E-state index is 0.356. The number of carbonyl (C=O) groups excluding carboxylic acids is 3. The monoisotopic (exact) mass is 399 g/mol. The Morgan fingerprint density at radius 1 is 1.18 bits per heavy atom. The van der Waals surface area contributed by atoms with Crippen molar-refractivity contribution in [1.29, 1.82) is 0 Å². The van der Waals surface area contributed by atoms with Gasteiger partial charge >= 0.3 is 6.03 Å². The summed E-state index contributed by atoms with van der Waals surface area (Å²) in [6.45, 7) is 5.02. The van der Waals surface area contributed by atoms with Gasteiger partial charge in [0.15, 0.2) is 0 Å². The average Bonchev–Trinajstić information content (AvgIpc) is 2.86. The highest BCUT2D eigenvalue weighted by Crippen LogP contribution is 2.29. The van der Waals surface area contributed by atoms with Gasteiger partial charge in [-0.2, -0.15) is 0 Å². The Kier molecular flexibility index (Phi) is 5.42. The highest BCUT2D eigenvalue weighted by atomic mass is 35.5. The third kappa shape index (κ3) is 3.73. The molecule has 1 fully saturated rings. The molecule has 146 valence electrons. The fourth-order valence-corrected chi connectivity index (χ4v) is 3.56. The van der Waals surface area contributed by atoms with Gasteiger partial charge in [-0.15, -0.1) is 0 Å². The average molecular weight is 400 g/mol. The summed E-state index contributed by atoms with van der Waals surface area (Å²) < 4.78 is 0. The van der Waals surface area contributed by atoms with Crippen molar-refractivity contribution in [2.75, 3.05) is 6.54 Å². The smallest absolute Gasteiger partial charge is 0.325 e. The largest absolute Gasteiger partial charge is 0.348 e. The van der Waals surface area contributed by atoms with E-state index in [1.807, 2.05) is 31.2 Å². The standard InChI is InChI=1S/C21H22ClN3O3/c1-13-8-10-15(11-9-13)21(3)19(27)25(20(28)24-21)12-18(26)23-14(2)16-6-4-5-7-17(16)22/h4-11,14H,12H2,1-3H3,(H,23,26)(H,24,28). The second kappa shape index (κ2) is 7.64. The first-order valence-corrected chi connectivity index (χ1v) is 9.35. The van der Waals surface area contributed by atoms with Gasteiger partial charge < -0.3 is 10.6 Å². The summed E-state index contributed by atoms with van der Waals surface area (Å²) in [5, 5.41) is 6.02. The molecule has 2 aromatic rings. The molecule has 0 radical (unpaired) electrons. The Labute approximate surface area is 168 Å². The number of rotatable bonds is 5. The van der Waals surface area contributed by atoms with Gasteiger partial charge in [0, 0.05) is 5.02 Å². The lowest BCUT2D eigenvalue weighted by Gasteiger charge is -2.22. The fourth-order valence-electron chi connectivity index (χ4n) is 3.26. The van der Waals surface area contributed by atoms with Gasteiger partial charge in [-0.3, -0.25) is 14.5 Å². The molecule has 0 aromatic heterocycles. The number of carbonyl (C=O) groups is 3. The molecule has 28 heavy (non-hydrogen) atoms. The van der Waals surface area contributed by atoms with Crippen molar-refractivity contribution >= 4 is 29.4 Å². The van der Waals surface area contributed by atoms with Gasteiger partial charge in [0.05, 0.1) is 6.04 Å². The van der Waals surface area contributed by atoms with Crippen LogP contribution in [-0.4, -0.2) is 29.3 Å². The van der Waals surface area contributed by atoms with E-state index in [1.54, 1.807) is 38.1 Å². The van der Waals surface area contributed by atoms with Gasteiger partial charge in [-0.05, 0) is 38.0 Å². The van der Waals surface area contributed by atoms with Crippen LogP contribution < -0.4 is 10.6 Å². The third-order valence-electron chi connectivity index (χ3n) is 4.95. The molecular weight excluding hydrogens is 378 g/mol. The Morgan fingerprint density at radius 2 is 1.82 bits per heavy atom. The topological polar surface area (TPSA) is 78.5 Å². The number of nitrogens with one attached hydrogen (secondary N) is 2. The molecule has 0 saturated carbocycles. The van der Waals surface area contributed by atoms with E-state index in [4.69, 9.17) is 11.6 Å². The van der Waals surface area contributed by atoms with E-state index in [9.17, 15) is 14.4 Å². The molecule has 1 aliphatic rings. The number of nitrogens with zero attached hydrogens (tertiary/aromatic N) is 1. The minimum atomic E-state index is -1.20. The number of aryl methyl sites for hydroxylation is 1. The fraction of sp³-hybridized carbons (Fsp3) is 0.286. The van der Waals surface area contributed by atoms with Crippen LogP contribution in [-0.2, 0) is 15.1 Å². The highest BCUT2D eigenvalue weighted by Gasteiger charge is 2.49. The van der Waals surface area contributed by atoms with Crippen LogP contribution in [0.1, 0.15) is 36.6 Å². The minimum Gasteiger partial charge on any atom is -0.348 e. The molecular formula is C21H22ClN3O3. The van der Waals surface area contributed by atoms with Crippen molar-refractivity contribution in [3.05, 3.63) is 70.2 Å². The molecule has 2 atom stereocenters. The van der Waals surface area contributed by atoms with E-state index in [2.05, 4.69) is 10.6 Å². The Morgan fingerprint density at radius 3 is 2.46 bits per heavy atom. The number of hydrogen-bond donors (Lipinski definition) is 2. The third-order valence-corrected chi connectivity index (χ3v) is 5.30. The molecule has 1 aliphatic heterocycles. The summed E-state index contributed by atoms with van der Waals surface area (Å²) in [6.07, 6.45) is 0. The van der Waals surface area contributed by atoms with Crippen molar-refractivity contribution in [1.82, 2.24) is 15.5 Å². The highest BCUT2D eigenvalue weighted by molar-refractivity contribution is 6.31. The summed E-state index contributed by atoms with van der Waals surface area (Å²) in [6, 6.07) is 13.6. The first-order valence-electron chi connectivity index (χ1n) is 8.97. The first-order chi connectivity index (χ1) is 13.2. The van der Waals surface area contributed by atoms with Crippen LogP contribution in [0.2, 0.25) is 5.02 Å². The van der Waals surface area contributed by atoms with Crippen LogP contribution >= 0.6 is 11.6 Å². The van der Waals surface area contributed by atoms with Crippen molar-refractivity contribution in [3.63, 3.8) is 0 Å². The number of halogens is 1. The van der Waals surface area contributed by atoms with E-state index >= 15 is 0 Å². The van der Waals surface area contributed by atoms with E-state index in [-0.39, 0.29) is 12.6 Å². The van der Waals surface area contributed by atoms with Gasteiger partial charge in [0.2, 0.25) is 5.91 Å². The van der Waals surface area contributed by atoms with E-state index in [0.29, 0.717) is 10.6 Å². The second-order valence-corrected chi connectivity index (χ2v) is 7.53. The lowest BCUT2D eigenvalue weighted by molar-refractivity contribution is -0.135. The van der Waals surface area contributed by atoms with E-state index in [0.717, 1.165) is 16.0 Å². The van der Waals surface area contributed by atoms with Crippen LogP contribution in [0.4, 0.5) is 4.79 Å². The molecule has 0 spiro atoms. The molecule has 3 rings (SSSR count). The molecule has 2 aromatic carbocycles. The number of amides is 4. The molecule has 2 N–H and O–H groups in total. The summed E-state index contributed by atoms with van der Waals surface area (Å²) in [7, 11) is 0. The van der Waals surface area contributed by atoms with E-state index < -0.39 is 23.4 Å². The van der Waals surface area contributed by atoms with Crippen molar-refractivity contribution < 1.29 is 14.4 Å². The quantitative estimate of drug-likeness (QED) is 0.757. The first kappa shape index (κ1) is 19.9. The maximum Gasteiger partial charge on any atom is 0.325 e. The van der Waals surface area contributed by atoms with Crippen molar-refractivity contribution in [3.8, 4) is 0 Å².